The van der Waals surface area contributed by atoms with Gasteiger partial charge in [0.05, 0.1) is 18.9 Å². The van der Waals surface area contributed by atoms with E-state index in [1.807, 2.05) is 62.4 Å². The molecule has 0 aromatic heterocycles. The summed E-state index contributed by atoms with van der Waals surface area (Å²) < 4.78 is 5.36. The van der Waals surface area contributed by atoms with E-state index < -0.39 is 0 Å². The van der Waals surface area contributed by atoms with E-state index in [1.54, 1.807) is 0 Å². The number of rotatable bonds is 5. The number of nitrogens with one attached hydrogen (secondary N) is 1. The lowest BCUT2D eigenvalue weighted by Gasteiger charge is -2.26. The molecule has 5 nitrogen and oxygen atoms in total. The number of amides is 1. The molecule has 2 aromatic rings. The molecule has 1 aliphatic heterocycles. The number of carbonyl (C=O) groups is 1. The average molecular weight is 351 g/mol. The van der Waals surface area contributed by atoms with Gasteiger partial charge >= 0.3 is 0 Å². The molecule has 26 heavy (non-hydrogen) atoms. The molecule has 5 heteroatoms. The predicted octanol–water partition coefficient (Wildman–Crippen LogP) is 2.98. The molecule has 0 unspecified atom stereocenters. The standard InChI is InChI=1S/C21H25N3O2/c1-16-3-7-19(8-4-16)17(2)22-23-21(25)20-9-5-18(6-10-20)15-24-11-13-26-14-12-24/h3-10H,11-15H2,1-2H3,(H,23,25)/b22-17+. The fraction of sp³-hybridized carbons (Fsp3) is 0.333. The monoisotopic (exact) mass is 351 g/mol. The lowest BCUT2D eigenvalue weighted by molar-refractivity contribution is 0.0342. The van der Waals surface area contributed by atoms with E-state index in [-0.39, 0.29) is 5.91 Å². The van der Waals surface area contributed by atoms with Crippen LogP contribution in [-0.4, -0.2) is 42.8 Å². The van der Waals surface area contributed by atoms with Crippen LogP contribution in [0.5, 0.6) is 0 Å². The van der Waals surface area contributed by atoms with Crippen LogP contribution in [0.3, 0.4) is 0 Å². The van der Waals surface area contributed by atoms with Crippen LogP contribution in [0.1, 0.15) is 34.0 Å². The van der Waals surface area contributed by atoms with E-state index >= 15 is 0 Å². The number of ether oxygens (including phenoxy) is 1. The summed E-state index contributed by atoms with van der Waals surface area (Å²) in [7, 11) is 0. The first-order valence-electron chi connectivity index (χ1n) is 8.92. The molecule has 2 aromatic carbocycles. The Morgan fingerprint density at radius 1 is 1.04 bits per heavy atom. The predicted molar refractivity (Wildman–Crippen MR) is 103 cm³/mol. The quantitative estimate of drug-likeness (QED) is 0.666. The summed E-state index contributed by atoms with van der Waals surface area (Å²) in [6.45, 7) is 8.30. The Kier molecular flexibility index (Phi) is 6.15. The highest BCUT2D eigenvalue weighted by molar-refractivity contribution is 6.00. The molecule has 1 heterocycles. The molecule has 1 fully saturated rings. The summed E-state index contributed by atoms with van der Waals surface area (Å²) in [5.41, 5.74) is 7.41. The maximum atomic E-state index is 12.3. The zero-order valence-corrected chi connectivity index (χ0v) is 15.4. The molecule has 1 N–H and O–H groups in total. The second-order valence-corrected chi connectivity index (χ2v) is 6.59. The van der Waals surface area contributed by atoms with E-state index in [2.05, 4.69) is 15.4 Å². The van der Waals surface area contributed by atoms with Crippen LogP contribution in [0.15, 0.2) is 53.6 Å². The van der Waals surface area contributed by atoms with Crippen molar-refractivity contribution < 1.29 is 9.53 Å². The van der Waals surface area contributed by atoms with Gasteiger partial charge in [-0.15, -0.1) is 0 Å². The highest BCUT2D eigenvalue weighted by atomic mass is 16.5. The van der Waals surface area contributed by atoms with Crippen molar-refractivity contribution in [3.63, 3.8) is 0 Å². The van der Waals surface area contributed by atoms with Gasteiger partial charge in [-0.3, -0.25) is 9.69 Å². The normalized spacial score (nSPS) is 15.7. The minimum Gasteiger partial charge on any atom is -0.379 e. The van der Waals surface area contributed by atoms with Crippen molar-refractivity contribution in [3.05, 3.63) is 70.8 Å². The van der Waals surface area contributed by atoms with Gasteiger partial charge in [-0.2, -0.15) is 5.10 Å². The van der Waals surface area contributed by atoms with Gasteiger partial charge in [0.1, 0.15) is 0 Å². The topological polar surface area (TPSA) is 53.9 Å². The number of benzene rings is 2. The van der Waals surface area contributed by atoms with Crippen LogP contribution in [0.2, 0.25) is 0 Å². The molecule has 0 aliphatic carbocycles. The number of hydrazone groups is 1. The third kappa shape index (κ3) is 5.00. The molecule has 3 rings (SSSR count). The van der Waals surface area contributed by atoms with Crippen molar-refractivity contribution in [2.45, 2.75) is 20.4 Å². The van der Waals surface area contributed by atoms with Crippen LogP contribution in [-0.2, 0) is 11.3 Å². The van der Waals surface area contributed by atoms with Gasteiger partial charge < -0.3 is 4.74 Å². The van der Waals surface area contributed by atoms with E-state index in [0.717, 1.165) is 44.1 Å². The molecule has 0 spiro atoms. The molecule has 1 aliphatic rings. The Labute approximate surface area is 154 Å². The van der Waals surface area contributed by atoms with Crippen LogP contribution in [0.25, 0.3) is 0 Å². The minimum absolute atomic E-state index is 0.200. The highest BCUT2D eigenvalue weighted by Crippen LogP contribution is 2.10. The van der Waals surface area contributed by atoms with Gasteiger partial charge in [-0.25, -0.2) is 5.43 Å². The van der Waals surface area contributed by atoms with Gasteiger partial charge in [0, 0.05) is 25.2 Å². The van der Waals surface area contributed by atoms with Gasteiger partial charge in [-0.1, -0.05) is 42.0 Å². The number of carbonyl (C=O) groups excluding carboxylic acids is 1. The zero-order valence-electron chi connectivity index (χ0n) is 15.4. The maximum Gasteiger partial charge on any atom is 0.271 e. The fourth-order valence-electron chi connectivity index (χ4n) is 2.84. The van der Waals surface area contributed by atoms with Crippen molar-refractivity contribution in [1.82, 2.24) is 10.3 Å². The van der Waals surface area contributed by atoms with Crippen molar-refractivity contribution >= 4 is 11.6 Å². The molecule has 0 radical (unpaired) electrons. The third-order valence-electron chi connectivity index (χ3n) is 4.52. The second kappa shape index (κ2) is 8.74. The molecule has 0 bridgehead atoms. The summed E-state index contributed by atoms with van der Waals surface area (Å²) in [6.07, 6.45) is 0. The largest absolute Gasteiger partial charge is 0.379 e. The smallest absolute Gasteiger partial charge is 0.271 e. The lowest BCUT2D eigenvalue weighted by Crippen LogP contribution is -2.35. The Morgan fingerprint density at radius 2 is 1.65 bits per heavy atom. The average Bonchev–Trinajstić information content (AvgIpc) is 2.68. The second-order valence-electron chi connectivity index (χ2n) is 6.59. The highest BCUT2D eigenvalue weighted by Gasteiger charge is 2.11. The van der Waals surface area contributed by atoms with Crippen molar-refractivity contribution in [3.8, 4) is 0 Å². The summed E-state index contributed by atoms with van der Waals surface area (Å²) in [5.74, 6) is -0.200. The number of hydrogen-bond donors (Lipinski definition) is 1. The van der Waals surface area contributed by atoms with Crippen molar-refractivity contribution in [2.75, 3.05) is 26.3 Å². The van der Waals surface area contributed by atoms with Crippen LogP contribution < -0.4 is 5.43 Å². The summed E-state index contributed by atoms with van der Waals surface area (Å²) >= 11 is 0. The zero-order chi connectivity index (χ0) is 18.4. The fourth-order valence-corrected chi connectivity index (χ4v) is 2.84. The number of nitrogens with zero attached hydrogens (tertiary/aromatic N) is 2. The Balaban J connectivity index is 1.57. The van der Waals surface area contributed by atoms with E-state index in [9.17, 15) is 4.79 Å². The molecule has 1 amide bonds. The van der Waals surface area contributed by atoms with Crippen LogP contribution in [0, 0.1) is 6.92 Å². The summed E-state index contributed by atoms with van der Waals surface area (Å²) in [5, 5.41) is 4.21. The summed E-state index contributed by atoms with van der Waals surface area (Å²) in [6, 6.07) is 15.8. The maximum absolute atomic E-state index is 12.3. The number of morpholine rings is 1. The third-order valence-corrected chi connectivity index (χ3v) is 4.52. The van der Waals surface area contributed by atoms with Crippen LogP contribution >= 0.6 is 0 Å². The van der Waals surface area contributed by atoms with Crippen LogP contribution in [0.4, 0.5) is 0 Å². The van der Waals surface area contributed by atoms with Gasteiger partial charge in [0.25, 0.3) is 5.91 Å². The minimum atomic E-state index is -0.200. The Bertz CT molecular complexity index is 761. The molecular formula is C21H25N3O2. The molecule has 0 atom stereocenters. The van der Waals surface area contributed by atoms with Crippen molar-refractivity contribution in [2.24, 2.45) is 5.10 Å². The van der Waals surface area contributed by atoms with E-state index in [1.165, 1.54) is 11.1 Å². The Morgan fingerprint density at radius 3 is 2.31 bits per heavy atom. The molecule has 1 saturated heterocycles. The van der Waals surface area contributed by atoms with Gasteiger partial charge in [0.15, 0.2) is 0 Å². The first kappa shape index (κ1) is 18.3. The number of hydrogen-bond acceptors (Lipinski definition) is 4. The van der Waals surface area contributed by atoms with E-state index in [0.29, 0.717) is 5.56 Å². The number of aryl methyl sites for hydroxylation is 1. The van der Waals surface area contributed by atoms with Gasteiger partial charge in [0.2, 0.25) is 0 Å². The lowest BCUT2D eigenvalue weighted by atomic mass is 10.1. The first-order valence-corrected chi connectivity index (χ1v) is 8.92. The Hall–Kier alpha value is -2.50. The molecular weight excluding hydrogens is 326 g/mol. The van der Waals surface area contributed by atoms with E-state index in [4.69, 9.17) is 4.74 Å². The molecule has 136 valence electrons. The summed E-state index contributed by atoms with van der Waals surface area (Å²) in [4.78, 5) is 14.6. The molecule has 0 saturated carbocycles. The first-order chi connectivity index (χ1) is 12.6. The SMILES string of the molecule is C/C(=N\NC(=O)c1ccc(CN2CCOCC2)cc1)c1ccc(C)cc1. The van der Waals surface area contributed by atoms with Gasteiger partial charge in [-0.05, 0) is 37.1 Å². The van der Waals surface area contributed by atoms with Crippen molar-refractivity contribution in [1.29, 1.82) is 0 Å².